The van der Waals surface area contributed by atoms with Crippen LogP contribution < -0.4 is 10.6 Å². The van der Waals surface area contributed by atoms with Crippen LogP contribution >= 0.6 is 11.6 Å². The first-order valence-corrected chi connectivity index (χ1v) is 10.1. The summed E-state index contributed by atoms with van der Waals surface area (Å²) in [6.45, 7) is 0. The molecule has 1 saturated heterocycles. The Kier molecular flexibility index (Phi) is 4.32. The largest absolute Gasteiger partial charge is 0.462 e. The van der Waals surface area contributed by atoms with E-state index in [0.29, 0.717) is 22.0 Å². The highest BCUT2D eigenvalue weighted by molar-refractivity contribution is 6.31. The molecule has 3 fully saturated rings. The van der Waals surface area contributed by atoms with Gasteiger partial charge in [-0.1, -0.05) is 17.7 Å². The zero-order valence-corrected chi connectivity index (χ0v) is 16.2. The summed E-state index contributed by atoms with van der Waals surface area (Å²) in [5, 5.41) is 6.22. The van der Waals surface area contributed by atoms with E-state index < -0.39 is 0 Å². The SMILES string of the molecule is O=C(Nc1cccc(Cl)c1)c1ccc(NC(=O)[C@@H]2[C@@H]3C[C@@H]4[C@@H]2C(=O)O[C@H]4C3)cc1. The second-order valence-electron chi connectivity index (χ2n) is 7.95. The van der Waals surface area contributed by atoms with Crippen molar-refractivity contribution < 1.29 is 19.1 Å². The molecule has 5 atom stereocenters. The molecule has 6 nitrogen and oxygen atoms in total. The number of halogens is 1. The Labute approximate surface area is 172 Å². The third-order valence-electron chi connectivity index (χ3n) is 6.28. The van der Waals surface area contributed by atoms with Gasteiger partial charge in [-0.3, -0.25) is 14.4 Å². The van der Waals surface area contributed by atoms with Crippen LogP contribution in [0.1, 0.15) is 23.2 Å². The van der Waals surface area contributed by atoms with Gasteiger partial charge in [0.2, 0.25) is 5.91 Å². The van der Waals surface area contributed by atoms with Gasteiger partial charge < -0.3 is 15.4 Å². The van der Waals surface area contributed by atoms with Crippen molar-refractivity contribution in [3.8, 4) is 0 Å². The van der Waals surface area contributed by atoms with Gasteiger partial charge >= 0.3 is 5.97 Å². The van der Waals surface area contributed by atoms with Gasteiger partial charge in [0, 0.05) is 27.9 Å². The number of nitrogens with one attached hydrogen (secondary N) is 2. The van der Waals surface area contributed by atoms with Crippen molar-refractivity contribution in [2.45, 2.75) is 18.9 Å². The Hall–Kier alpha value is -2.86. The van der Waals surface area contributed by atoms with E-state index >= 15 is 0 Å². The number of hydrogen-bond donors (Lipinski definition) is 2. The first-order chi connectivity index (χ1) is 14.0. The summed E-state index contributed by atoms with van der Waals surface area (Å²) in [7, 11) is 0. The van der Waals surface area contributed by atoms with Crippen molar-refractivity contribution in [3.63, 3.8) is 0 Å². The number of hydrogen-bond acceptors (Lipinski definition) is 4. The summed E-state index contributed by atoms with van der Waals surface area (Å²) >= 11 is 5.93. The summed E-state index contributed by atoms with van der Waals surface area (Å²) in [5.41, 5.74) is 1.67. The second-order valence-corrected chi connectivity index (χ2v) is 8.39. The molecule has 2 aromatic carbocycles. The predicted molar refractivity (Wildman–Crippen MR) is 108 cm³/mol. The third kappa shape index (κ3) is 3.17. The molecule has 2 aliphatic carbocycles. The normalized spacial score (nSPS) is 28.9. The molecular formula is C22H19ClN2O4. The molecular weight excluding hydrogens is 392 g/mol. The van der Waals surface area contributed by atoms with Crippen LogP contribution in [0, 0.1) is 23.7 Å². The monoisotopic (exact) mass is 410 g/mol. The summed E-state index contributed by atoms with van der Waals surface area (Å²) in [4.78, 5) is 37.3. The zero-order valence-electron chi connectivity index (χ0n) is 15.4. The fourth-order valence-electron chi connectivity index (χ4n) is 5.06. The first kappa shape index (κ1) is 18.2. The molecule has 2 saturated carbocycles. The highest BCUT2D eigenvalue weighted by Gasteiger charge is 2.63. The number of carbonyl (C=O) groups excluding carboxylic acids is 3. The van der Waals surface area contributed by atoms with Gasteiger partial charge in [-0.2, -0.15) is 0 Å². The van der Waals surface area contributed by atoms with Gasteiger partial charge in [-0.15, -0.1) is 0 Å². The maximum Gasteiger partial charge on any atom is 0.310 e. The van der Waals surface area contributed by atoms with Crippen molar-refractivity contribution in [1.82, 2.24) is 0 Å². The Morgan fingerprint density at radius 3 is 2.55 bits per heavy atom. The minimum absolute atomic E-state index is 0.0128. The van der Waals surface area contributed by atoms with Gasteiger partial charge in [-0.25, -0.2) is 0 Å². The second kappa shape index (κ2) is 6.88. The molecule has 3 aliphatic rings. The number of anilines is 2. The molecule has 0 radical (unpaired) electrons. The van der Waals surface area contributed by atoms with Crippen LogP contribution in [0.5, 0.6) is 0 Å². The molecule has 2 N–H and O–H groups in total. The fourth-order valence-corrected chi connectivity index (χ4v) is 5.25. The van der Waals surface area contributed by atoms with E-state index in [1.165, 1.54) is 0 Å². The Morgan fingerprint density at radius 2 is 1.79 bits per heavy atom. The minimum atomic E-state index is -0.322. The van der Waals surface area contributed by atoms with Gasteiger partial charge in [0.05, 0.1) is 11.8 Å². The maximum atomic E-state index is 12.8. The van der Waals surface area contributed by atoms with Crippen molar-refractivity contribution in [2.24, 2.45) is 23.7 Å². The Balaban J connectivity index is 1.24. The van der Waals surface area contributed by atoms with E-state index in [-0.39, 0.29) is 47.6 Å². The standard InChI is InChI=1S/C22H19ClN2O4/c23-13-2-1-3-15(10-13)25-20(26)11-4-6-14(7-5-11)24-21(27)18-12-8-16-17(9-12)29-22(28)19(16)18/h1-7,10,12,16-19H,8-9H2,(H,24,27)(H,25,26)/t12-,16+,17+,18-,19+/m1/s1. The van der Waals surface area contributed by atoms with Crippen LogP contribution in [0.3, 0.4) is 0 Å². The number of benzene rings is 2. The lowest BCUT2D eigenvalue weighted by molar-refractivity contribution is -0.145. The lowest BCUT2D eigenvalue weighted by Crippen LogP contribution is -2.35. The molecule has 0 unspecified atom stereocenters. The van der Waals surface area contributed by atoms with Crippen LogP contribution in [0.25, 0.3) is 0 Å². The molecule has 0 aromatic heterocycles. The molecule has 1 aliphatic heterocycles. The molecule has 2 bridgehead atoms. The number of amides is 2. The zero-order chi connectivity index (χ0) is 20.1. The quantitative estimate of drug-likeness (QED) is 0.752. The van der Waals surface area contributed by atoms with Crippen LogP contribution in [0.2, 0.25) is 5.02 Å². The highest BCUT2D eigenvalue weighted by atomic mass is 35.5. The third-order valence-corrected chi connectivity index (χ3v) is 6.52. The lowest BCUT2D eigenvalue weighted by atomic mass is 9.79. The van der Waals surface area contributed by atoms with E-state index in [1.807, 2.05) is 0 Å². The van der Waals surface area contributed by atoms with E-state index in [4.69, 9.17) is 16.3 Å². The van der Waals surface area contributed by atoms with Crippen molar-refractivity contribution in [2.75, 3.05) is 10.6 Å². The Morgan fingerprint density at radius 1 is 1.00 bits per heavy atom. The van der Waals surface area contributed by atoms with E-state index in [9.17, 15) is 14.4 Å². The molecule has 7 heteroatoms. The van der Waals surface area contributed by atoms with E-state index in [1.54, 1.807) is 48.5 Å². The summed E-state index contributed by atoms with van der Waals surface area (Å²) in [6, 6.07) is 13.6. The molecule has 0 spiro atoms. The Bertz CT molecular complexity index is 1000. The highest BCUT2D eigenvalue weighted by Crippen LogP contribution is 2.57. The molecule has 5 rings (SSSR count). The first-order valence-electron chi connectivity index (χ1n) is 9.68. The maximum absolute atomic E-state index is 12.8. The van der Waals surface area contributed by atoms with E-state index in [0.717, 1.165) is 12.8 Å². The molecule has 29 heavy (non-hydrogen) atoms. The van der Waals surface area contributed by atoms with Gasteiger partial charge in [0.1, 0.15) is 6.10 Å². The van der Waals surface area contributed by atoms with Crippen LogP contribution in [0.15, 0.2) is 48.5 Å². The number of ether oxygens (including phenoxy) is 1. The number of fused-ring (bicyclic) bond motifs is 1. The van der Waals surface area contributed by atoms with Crippen molar-refractivity contribution in [1.29, 1.82) is 0 Å². The van der Waals surface area contributed by atoms with Crippen LogP contribution in [-0.4, -0.2) is 23.9 Å². The molecule has 1 heterocycles. The number of rotatable bonds is 4. The predicted octanol–water partition coefficient (Wildman–Crippen LogP) is 3.73. The van der Waals surface area contributed by atoms with Crippen LogP contribution in [-0.2, 0) is 14.3 Å². The molecule has 2 amide bonds. The molecule has 2 aromatic rings. The van der Waals surface area contributed by atoms with Gasteiger partial charge in [0.15, 0.2) is 0 Å². The fraction of sp³-hybridized carbons (Fsp3) is 0.318. The average Bonchev–Trinajstić information content (AvgIpc) is 3.31. The lowest BCUT2D eigenvalue weighted by Gasteiger charge is -2.23. The summed E-state index contributed by atoms with van der Waals surface area (Å²) in [5.74, 6) is -0.856. The van der Waals surface area contributed by atoms with Crippen LogP contribution in [0.4, 0.5) is 11.4 Å². The summed E-state index contributed by atoms with van der Waals surface area (Å²) < 4.78 is 5.40. The van der Waals surface area contributed by atoms with E-state index in [2.05, 4.69) is 10.6 Å². The molecule has 148 valence electrons. The summed E-state index contributed by atoms with van der Waals surface area (Å²) in [6.07, 6.45) is 1.69. The topological polar surface area (TPSA) is 84.5 Å². The number of carbonyl (C=O) groups is 3. The van der Waals surface area contributed by atoms with Crippen molar-refractivity contribution in [3.05, 3.63) is 59.1 Å². The average molecular weight is 411 g/mol. The minimum Gasteiger partial charge on any atom is -0.462 e. The smallest absolute Gasteiger partial charge is 0.310 e. The van der Waals surface area contributed by atoms with Gasteiger partial charge in [-0.05, 0) is 61.2 Å². The van der Waals surface area contributed by atoms with Gasteiger partial charge in [0.25, 0.3) is 5.91 Å². The van der Waals surface area contributed by atoms with Crippen molar-refractivity contribution >= 4 is 40.8 Å². The number of esters is 1.